The monoisotopic (exact) mass is 365 g/mol. The number of fused-ring (bicyclic) bond motifs is 1. The Labute approximate surface area is 156 Å². The molecule has 3 aromatic rings. The average molecular weight is 365 g/mol. The van der Waals surface area contributed by atoms with Crippen LogP contribution in [0.15, 0.2) is 60.8 Å². The number of aliphatic hydroxyl groups is 1. The van der Waals surface area contributed by atoms with Gasteiger partial charge in [0.05, 0.1) is 24.8 Å². The van der Waals surface area contributed by atoms with Gasteiger partial charge in [0.1, 0.15) is 11.8 Å². The zero-order valence-corrected chi connectivity index (χ0v) is 14.7. The zero-order chi connectivity index (χ0) is 19.2. The minimum absolute atomic E-state index is 0.385. The van der Waals surface area contributed by atoms with Crippen molar-refractivity contribution >= 4 is 28.4 Å². The number of rotatable bonds is 6. The summed E-state index contributed by atoms with van der Waals surface area (Å²) in [6, 6.07) is 14.4. The summed E-state index contributed by atoms with van der Waals surface area (Å²) in [6.45, 7) is -0.531. The molecule has 1 aromatic heterocycles. The van der Waals surface area contributed by atoms with Crippen molar-refractivity contribution in [1.82, 2.24) is 10.3 Å². The normalized spacial score (nSPS) is 11.6. The van der Waals surface area contributed by atoms with Crippen molar-refractivity contribution in [2.24, 2.45) is 0 Å². The summed E-state index contributed by atoms with van der Waals surface area (Å²) in [4.78, 5) is 29.2. The number of ether oxygens (including phenoxy) is 1. The Morgan fingerprint density at radius 1 is 1.11 bits per heavy atom. The number of hydrogen-bond donors (Lipinski definition) is 3. The number of nitrogens with one attached hydrogen (secondary N) is 2. The molecule has 0 aliphatic rings. The lowest BCUT2D eigenvalue weighted by Gasteiger charge is -2.17. The van der Waals surface area contributed by atoms with Crippen LogP contribution in [-0.4, -0.2) is 41.7 Å². The molecule has 0 spiro atoms. The molecule has 7 nitrogen and oxygen atoms in total. The number of nitrogens with zero attached hydrogens (tertiary/aromatic N) is 1. The van der Waals surface area contributed by atoms with Gasteiger partial charge in [-0.25, -0.2) is 0 Å². The topological polar surface area (TPSA) is 101 Å². The van der Waals surface area contributed by atoms with E-state index in [0.29, 0.717) is 27.9 Å². The largest absolute Gasteiger partial charge is 0.497 e. The smallest absolute Gasteiger partial charge is 0.252 e. The molecule has 1 unspecified atom stereocenters. The number of amides is 2. The number of aromatic nitrogens is 1. The predicted octanol–water partition coefficient (Wildman–Crippen LogP) is 1.97. The van der Waals surface area contributed by atoms with Crippen LogP contribution < -0.4 is 15.4 Å². The van der Waals surface area contributed by atoms with Crippen molar-refractivity contribution in [3.05, 3.63) is 66.4 Å². The van der Waals surface area contributed by atoms with E-state index in [4.69, 9.17) is 4.74 Å². The first-order valence-corrected chi connectivity index (χ1v) is 8.32. The van der Waals surface area contributed by atoms with Gasteiger partial charge in [0.25, 0.3) is 5.91 Å². The van der Waals surface area contributed by atoms with Gasteiger partial charge in [0, 0.05) is 17.3 Å². The van der Waals surface area contributed by atoms with Gasteiger partial charge in [0.15, 0.2) is 0 Å². The Balaban J connectivity index is 1.73. The Morgan fingerprint density at radius 2 is 1.85 bits per heavy atom. The average Bonchev–Trinajstić information content (AvgIpc) is 2.71. The van der Waals surface area contributed by atoms with Crippen LogP contribution in [0.5, 0.6) is 5.75 Å². The third-order valence-corrected chi connectivity index (χ3v) is 4.06. The van der Waals surface area contributed by atoms with E-state index in [-0.39, 0.29) is 0 Å². The first-order chi connectivity index (χ1) is 13.1. The van der Waals surface area contributed by atoms with Crippen LogP contribution in [0.2, 0.25) is 0 Å². The van der Waals surface area contributed by atoms with Crippen LogP contribution in [-0.2, 0) is 4.79 Å². The number of carbonyl (C=O) groups excluding carboxylic acids is 2. The quantitative estimate of drug-likeness (QED) is 0.620. The number of benzene rings is 2. The third kappa shape index (κ3) is 4.21. The molecule has 0 aliphatic heterocycles. The molecule has 0 radical (unpaired) electrons. The predicted molar refractivity (Wildman–Crippen MR) is 102 cm³/mol. The Hall–Kier alpha value is -3.45. The molecule has 1 atom stereocenters. The molecule has 2 amide bonds. The fourth-order valence-electron chi connectivity index (χ4n) is 2.63. The number of anilines is 1. The van der Waals surface area contributed by atoms with Gasteiger partial charge in [-0.3, -0.25) is 14.6 Å². The van der Waals surface area contributed by atoms with E-state index in [2.05, 4.69) is 15.6 Å². The van der Waals surface area contributed by atoms with E-state index in [1.807, 2.05) is 6.07 Å². The molecule has 1 heterocycles. The van der Waals surface area contributed by atoms with Crippen molar-refractivity contribution in [1.29, 1.82) is 0 Å². The molecule has 0 fully saturated rings. The number of aliphatic hydroxyl groups excluding tert-OH is 1. The summed E-state index contributed by atoms with van der Waals surface area (Å²) >= 11 is 0. The Morgan fingerprint density at radius 3 is 2.56 bits per heavy atom. The van der Waals surface area contributed by atoms with E-state index >= 15 is 0 Å². The molecular weight excluding hydrogens is 346 g/mol. The molecule has 27 heavy (non-hydrogen) atoms. The second-order valence-corrected chi connectivity index (χ2v) is 5.80. The molecular formula is C20H19N3O4. The third-order valence-electron chi connectivity index (χ3n) is 4.06. The van der Waals surface area contributed by atoms with E-state index in [0.717, 1.165) is 0 Å². The van der Waals surface area contributed by atoms with Gasteiger partial charge < -0.3 is 20.5 Å². The highest BCUT2D eigenvalue weighted by atomic mass is 16.5. The van der Waals surface area contributed by atoms with Crippen LogP contribution in [0.25, 0.3) is 10.9 Å². The molecule has 0 saturated heterocycles. The highest BCUT2D eigenvalue weighted by molar-refractivity contribution is 6.08. The van der Waals surface area contributed by atoms with Gasteiger partial charge in [-0.1, -0.05) is 18.2 Å². The lowest BCUT2D eigenvalue weighted by molar-refractivity contribution is -0.118. The minimum atomic E-state index is -1.09. The highest BCUT2D eigenvalue weighted by Crippen LogP contribution is 2.17. The second-order valence-electron chi connectivity index (χ2n) is 5.80. The number of carbonyl (C=O) groups is 2. The molecule has 0 aliphatic carbocycles. The van der Waals surface area contributed by atoms with Gasteiger partial charge in [0.2, 0.25) is 5.91 Å². The van der Waals surface area contributed by atoms with E-state index < -0.39 is 24.5 Å². The zero-order valence-electron chi connectivity index (χ0n) is 14.7. The molecule has 2 aromatic carbocycles. The molecule has 0 bridgehead atoms. The number of para-hydroxylation sites is 1. The summed E-state index contributed by atoms with van der Waals surface area (Å²) in [5.74, 6) is -0.323. The molecule has 3 N–H and O–H groups in total. The van der Waals surface area contributed by atoms with E-state index in [1.165, 1.54) is 6.20 Å². The van der Waals surface area contributed by atoms with Gasteiger partial charge in [-0.2, -0.15) is 0 Å². The van der Waals surface area contributed by atoms with Crippen LogP contribution in [0.1, 0.15) is 10.4 Å². The first kappa shape index (κ1) is 18.3. The van der Waals surface area contributed by atoms with Crippen LogP contribution >= 0.6 is 0 Å². The highest BCUT2D eigenvalue weighted by Gasteiger charge is 2.22. The number of hydrogen-bond acceptors (Lipinski definition) is 5. The Bertz CT molecular complexity index is 952. The molecule has 0 saturated carbocycles. The standard InChI is InChI=1S/C20H19N3O4/c1-27-14-8-6-13(7-9-14)22-20(26)18(12-24)23-19(25)16-10-11-21-17-5-3-2-4-15(16)17/h2-11,18,24H,12H2,1H3,(H,22,26)(H,23,25). The van der Waals surface area contributed by atoms with Crippen LogP contribution in [0, 0.1) is 0 Å². The second kappa shape index (κ2) is 8.29. The van der Waals surface area contributed by atoms with Gasteiger partial charge in [-0.05, 0) is 36.4 Å². The van der Waals surface area contributed by atoms with Crippen LogP contribution in [0.3, 0.4) is 0 Å². The summed E-state index contributed by atoms with van der Waals surface area (Å²) in [5, 5.41) is 15.4. The molecule has 3 rings (SSSR count). The van der Waals surface area contributed by atoms with Crippen molar-refractivity contribution in [2.45, 2.75) is 6.04 Å². The van der Waals surface area contributed by atoms with Gasteiger partial charge >= 0.3 is 0 Å². The summed E-state index contributed by atoms with van der Waals surface area (Å²) < 4.78 is 5.06. The number of pyridine rings is 1. The first-order valence-electron chi connectivity index (χ1n) is 8.32. The fourth-order valence-corrected chi connectivity index (χ4v) is 2.63. The van der Waals surface area contributed by atoms with Crippen molar-refractivity contribution < 1.29 is 19.4 Å². The van der Waals surface area contributed by atoms with Crippen molar-refractivity contribution in [3.8, 4) is 5.75 Å². The summed E-state index contributed by atoms with van der Waals surface area (Å²) in [5.41, 5.74) is 1.59. The van der Waals surface area contributed by atoms with Crippen LogP contribution in [0.4, 0.5) is 5.69 Å². The minimum Gasteiger partial charge on any atom is -0.497 e. The lowest BCUT2D eigenvalue weighted by atomic mass is 10.1. The van der Waals surface area contributed by atoms with E-state index in [1.54, 1.807) is 55.6 Å². The maximum atomic E-state index is 12.6. The molecule has 138 valence electrons. The maximum absolute atomic E-state index is 12.6. The van der Waals surface area contributed by atoms with Crippen molar-refractivity contribution in [2.75, 3.05) is 19.0 Å². The van der Waals surface area contributed by atoms with E-state index in [9.17, 15) is 14.7 Å². The Kier molecular flexibility index (Phi) is 5.63. The molecule has 7 heteroatoms. The van der Waals surface area contributed by atoms with Crippen molar-refractivity contribution in [3.63, 3.8) is 0 Å². The maximum Gasteiger partial charge on any atom is 0.252 e. The fraction of sp³-hybridized carbons (Fsp3) is 0.150. The number of methoxy groups -OCH3 is 1. The summed E-state index contributed by atoms with van der Waals surface area (Å²) in [7, 11) is 1.55. The van der Waals surface area contributed by atoms with Gasteiger partial charge in [-0.15, -0.1) is 0 Å². The SMILES string of the molecule is COc1ccc(NC(=O)C(CO)NC(=O)c2ccnc3ccccc23)cc1. The lowest BCUT2D eigenvalue weighted by Crippen LogP contribution is -2.46. The summed E-state index contributed by atoms with van der Waals surface area (Å²) in [6.07, 6.45) is 1.53.